The van der Waals surface area contributed by atoms with Gasteiger partial charge in [0.25, 0.3) is 0 Å². The third-order valence-electron chi connectivity index (χ3n) is 9.37. The third-order valence-corrected chi connectivity index (χ3v) is 9.65. The second kappa shape index (κ2) is 13.7. The van der Waals surface area contributed by atoms with E-state index >= 15 is 0 Å². The molecule has 1 fully saturated rings. The molecule has 0 unspecified atom stereocenters. The lowest BCUT2D eigenvalue weighted by molar-refractivity contribution is 0.313. The average molecular weight is 678 g/mol. The summed E-state index contributed by atoms with van der Waals surface area (Å²) in [5.41, 5.74) is 5.95. The summed E-state index contributed by atoms with van der Waals surface area (Å²) in [5.74, 6) is 1.55. The van der Waals surface area contributed by atoms with Gasteiger partial charge in [-0.1, -0.05) is 103 Å². The summed E-state index contributed by atoms with van der Waals surface area (Å²) in [7, 11) is 2.16. The number of hydrogen-bond acceptors (Lipinski definition) is 7. The summed E-state index contributed by atoms with van der Waals surface area (Å²) in [6.45, 7) is 4.17. The molecule has 3 aromatic heterocycles. The number of nitrogens with zero attached hydrogens (tertiary/aromatic N) is 6. The van der Waals surface area contributed by atoms with Crippen molar-refractivity contribution in [3.05, 3.63) is 168 Å². The summed E-state index contributed by atoms with van der Waals surface area (Å²) in [5, 5.41) is 3.71. The van der Waals surface area contributed by atoms with Crippen LogP contribution in [0.25, 0.3) is 22.9 Å². The van der Waals surface area contributed by atoms with Gasteiger partial charge in [-0.25, -0.2) is 15.0 Å². The van der Waals surface area contributed by atoms with Gasteiger partial charge in [0.2, 0.25) is 5.95 Å². The summed E-state index contributed by atoms with van der Waals surface area (Å²) in [6, 6.07) is 43.7. The molecule has 1 aliphatic rings. The minimum absolute atomic E-state index is 0.392. The van der Waals surface area contributed by atoms with E-state index in [-0.39, 0.29) is 0 Å². The molecule has 4 heterocycles. The fraction of sp³-hybridized carbons (Fsp3) is 0.146. The number of benzene rings is 4. The average Bonchev–Trinajstić information content (AvgIpc) is 3.86. The fourth-order valence-corrected chi connectivity index (χ4v) is 6.96. The van der Waals surface area contributed by atoms with Gasteiger partial charge in [0.15, 0.2) is 11.5 Å². The zero-order valence-corrected chi connectivity index (χ0v) is 28.4. The van der Waals surface area contributed by atoms with Crippen LogP contribution in [0.2, 0.25) is 5.02 Å². The second-order valence-corrected chi connectivity index (χ2v) is 12.9. The molecule has 1 N–H and O–H groups in total. The van der Waals surface area contributed by atoms with Crippen molar-refractivity contribution in [2.75, 3.05) is 43.4 Å². The van der Waals surface area contributed by atoms with Crippen molar-refractivity contribution < 1.29 is 4.42 Å². The molecule has 1 aliphatic heterocycles. The van der Waals surface area contributed by atoms with E-state index < -0.39 is 5.54 Å². The molecule has 0 spiro atoms. The van der Waals surface area contributed by atoms with Crippen molar-refractivity contribution in [1.82, 2.24) is 24.4 Å². The van der Waals surface area contributed by atoms with Crippen molar-refractivity contribution in [2.45, 2.75) is 5.54 Å². The van der Waals surface area contributed by atoms with Gasteiger partial charge in [0, 0.05) is 43.8 Å². The molecule has 7 aromatic rings. The minimum Gasteiger partial charge on any atom is -0.453 e. The Morgan fingerprint density at radius 2 is 1.26 bits per heavy atom. The summed E-state index contributed by atoms with van der Waals surface area (Å²) >= 11 is 6.63. The molecular formula is C41H36ClN7O. The molecule has 8 rings (SSSR count). The number of likely N-dealkylation sites (N-methyl/N-ethyl adjacent to an activating group) is 1. The first kappa shape index (κ1) is 31.6. The Kier molecular flexibility index (Phi) is 8.62. The quantitative estimate of drug-likeness (QED) is 0.153. The third kappa shape index (κ3) is 6.04. The molecule has 0 aliphatic carbocycles. The first-order valence-corrected chi connectivity index (χ1v) is 17.1. The van der Waals surface area contributed by atoms with Crippen LogP contribution in [0.4, 0.5) is 17.3 Å². The van der Waals surface area contributed by atoms with E-state index in [1.807, 2.05) is 55.0 Å². The number of rotatable bonds is 9. The number of piperazine rings is 1. The van der Waals surface area contributed by atoms with Crippen molar-refractivity contribution in [3.8, 4) is 22.9 Å². The number of halogens is 1. The zero-order valence-electron chi connectivity index (χ0n) is 27.7. The largest absolute Gasteiger partial charge is 0.453 e. The summed E-state index contributed by atoms with van der Waals surface area (Å²) in [4.78, 5) is 18.8. The molecule has 4 aromatic carbocycles. The maximum absolute atomic E-state index is 6.63. The Labute approximate surface area is 296 Å². The van der Waals surface area contributed by atoms with Gasteiger partial charge in [0.1, 0.15) is 16.9 Å². The molecule has 8 nitrogen and oxygen atoms in total. The van der Waals surface area contributed by atoms with E-state index in [4.69, 9.17) is 26.0 Å². The number of hydrogen-bond donors (Lipinski definition) is 1. The van der Waals surface area contributed by atoms with Gasteiger partial charge in [0.05, 0.1) is 17.5 Å². The van der Waals surface area contributed by atoms with Crippen molar-refractivity contribution in [2.24, 2.45) is 0 Å². The van der Waals surface area contributed by atoms with Crippen LogP contribution in [0.1, 0.15) is 16.7 Å². The molecule has 50 heavy (non-hydrogen) atoms. The number of anilines is 3. The van der Waals surface area contributed by atoms with E-state index in [0.717, 1.165) is 48.6 Å². The molecule has 0 bridgehead atoms. The molecule has 0 radical (unpaired) electrons. The van der Waals surface area contributed by atoms with Gasteiger partial charge in [-0.05, 0) is 60.1 Å². The predicted molar refractivity (Wildman–Crippen MR) is 200 cm³/mol. The Balaban J connectivity index is 1.09. The molecule has 0 saturated carbocycles. The van der Waals surface area contributed by atoms with Crippen LogP contribution >= 0.6 is 11.6 Å². The van der Waals surface area contributed by atoms with Gasteiger partial charge in [-0.2, -0.15) is 0 Å². The van der Waals surface area contributed by atoms with Crippen LogP contribution in [0, 0.1) is 0 Å². The highest BCUT2D eigenvalue weighted by molar-refractivity contribution is 6.32. The molecule has 9 heteroatoms. The van der Waals surface area contributed by atoms with Gasteiger partial charge in [-0.3, -0.25) is 0 Å². The topological polar surface area (TPSA) is 75.2 Å². The first-order chi connectivity index (χ1) is 24.6. The van der Waals surface area contributed by atoms with E-state index in [2.05, 4.69) is 117 Å². The number of aromatic nitrogens is 4. The second-order valence-electron chi connectivity index (χ2n) is 12.5. The van der Waals surface area contributed by atoms with Crippen LogP contribution < -0.4 is 10.2 Å². The first-order valence-electron chi connectivity index (χ1n) is 16.7. The zero-order chi connectivity index (χ0) is 33.9. The monoisotopic (exact) mass is 677 g/mol. The molecule has 0 atom stereocenters. The highest BCUT2D eigenvalue weighted by Crippen LogP contribution is 2.42. The molecule has 0 amide bonds. The van der Waals surface area contributed by atoms with Crippen LogP contribution in [-0.2, 0) is 5.54 Å². The minimum atomic E-state index is -0.677. The molecule has 248 valence electrons. The molecular weight excluding hydrogens is 642 g/mol. The smallest absolute Gasteiger partial charge is 0.227 e. The highest BCUT2D eigenvalue weighted by Gasteiger charge is 2.38. The predicted octanol–water partition coefficient (Wildman–Crippen LogP) is 8.59. The summed E-state index contributed by atoms with van der Waals surface area (Å²) in [6.07, 6.45) is 5.50. The standard InChI is InChI=1S/C41H36ClN7O/c1-47-23-25-48(26-24-47)34-19-17-33(18-20-34)45-40-43-27-35(42)39(46-40)38-22-21-37(50-38)36-28-49(29-44-36)41(30-11-5-2-6-12-30,31-13-7-3-8-14-31)32-15-9-4-10-16-32/h2-22,27-29H,23-26H2,1H3,(H,43,45,46). The maximum Gasteiger partial charge on any atom is 0.227 e. The van der Waals surface area contributed by atoms with E-state index in [9.17, 15) is 0 Å². The van der Waals surface area contributed by atoms with Crippen molar-refractivity contribution in [1.29, 1.82) is 0 Å². The Morgan fingerprint density at radius 3 is 1.86 bits per heavy atom. The maximum atomic E-state index is 6.63. The normalized spacial score (nSPS) is 13.8. The Hall–Kier alpha value is -5.70. The highest BCUT2D eigenvalue weighted by atomic mass is 35.5. The van der Waals surface area contributed by atoms with Crippen molar-refractivity contribution >= 4 is 28.9 Å². The number of nitrogens with one attached hydrogen (secondary N) is 1. The van der Waals surface area contributed by atoms with Crippen LogP contribution in [0.5, 0.6) is 0 Å². The summed E-state index contributed by atoms with van der Waals surface area (Å²) < 4.78 is 8.55. The Morgan fingerprint density at radius 1 is 0.680 bits per heavy atom. The number of imidazole rings is 1. The van der Waals surface area contributed by atoms with Crippen molar-refractivity contribution in [3.63, 3.8) is 0 Å². The van der Waals surface area contributed by atoms with Gasteiger partial charge < -0.3 is 24.1 Å². The SMILES string of the molecule is CN1CCN(c2ccc(Nc3ncc(Cl)c(-c4ccc(-c5cn(C(c6ccccc6)(c6ccccc6)c6ccccc6)cn5)o4)n3)cc2)CC1. The lowest BCUT2D eigenvalue weighted by atomic mass is 9.77. The van der Waals surface area contributed by atoms with E-state index in [1.165, 1.54) is 5.69 Å². The van der Waals surface area contributed by atoms with Gasteiger partial charge in [-0.15, -0.1) is 0 Å². The van der Waals surface area contributed by atoms with Crippen LogP contribution in [-0.4, -0.2) is 57.6 Å². The van der Waals surface area contributed by atoms with E-state index in [0.29, 0.717) is 33.9 Å². The van der Waals surface area contributed by atoms with Gasteiger partial charge >= 0.3 is 0 Å². The number of furan rings is 1. The molecule has 1 saturated heterocycles. The van der Waals surface area contributed by atoms with Crippen LogP contribution in [0.15, 0.2) is 151 Å². The van der Waals surface area contributed by atoms with Crippen LogP contribution in [0.3, 0.4) is 0 Å². The van der Waals surface area contributed by atoms with E-state index in [1.54, 1.807) is 6.20 Å². The fourth-order valence-electron chi connectivity index (χ4n) is 6.77. The lowest BCUT2D eigenvalue weighted by Gasteiger charge is -2.37. The lowest BCUT2D eigenvalue weighted by Crippen LogP contribution is -2.44. The Bertz CT molecular complexity index is 2080.